The van der Waals surface area contributed by atoms with Crippen molar-refractivity contribution in [2.45, 2.75) is 24.5 Å². The Labute approximate surface area is 187 Å². The molecule has 3 aromatic carbocycles. The van der Waals surface area contributed by atoms with E-state index < -0.39 is 10.0 Å². The van der Waals surface area contributed by atoms with E-state index in [0.29, 0.717) is 18.2 Å². The van der Waals surface area contributed by atoms with E-state index in [-0.39, 0.29) is 23.8 Å². The molecule has 162 valence electrons. The molecule has 3 aromatic rings. The second-order valence-electron chi connectivity index (χ2n) is 6.80. The van der Waals surface area contributed by atoms with Crippen LogP contribution in [0, 0.1) is 0 Å². The van der Waals surface area contributed by atoms with Gasteiger partial charge in [-0.15, -0.1) is 0 Å². The van der Waals surface area contributed by atoms with Crippen LogP contribution in [0.2, 0.25) is 5.02 Å². The Bertz CT molecular complexity index is 1120. The maximum atomic E-state index is 12.2. The van der Waals surface area contributed by atoms with Gasteiger partial charge in [0.2, 0.25) is 15.9 Å². The minimum Gasteiger partial charge on any atom is -0.489 e. The number of amides is 1. The van der Waals surface area contributed by atoms with Crippen molar-refractivity contribution in [1.82, 2.24) is 10.0 Å². The number of carbonyl (C=O) groups is 1. The van der Waals surface area contributed by atoms with Crippen molar-refractivity contribution in [3.8, 4) is 5.75 Å². The molecule has 6 nitrogen and oxygen atoms in total. The molecule has 0 aromatic heterocycles. The summed E-state index contributed by atoms with van der Waals surface area (Å²) in [4.78, 5) is 12.2. The summed E-state index contributed by atoms with van der Waals surface area (Å²) in [6.07, 6.45) is 0.0244. The molecule has 0 spiro atoms. The monoisotopic (exact) mass is 458 g/mol. The second kappa shape index (κ2) is 10.9. The van der Waals surface area contributed by atoms with Gasteiger partial charge in [-0.05, 0) is 41.5 Å². The number of para-hydroxylation sites is 1. The van der Waals surface area contributed by atoms with Crippen molar-refractivity contribution >= 4 is 27.5 Å². The molecule has 8 heteroatoms. The zero-order valence-corrected chi connectivity index (χ0v) is 18.3. The average molecular weight is 459 g/mol. The molecule has 0 heterocycles. The molecule has 0 radical (unpaired) electrons. The Balaban J connectivity index is 1.43. The van der Waals surface area contributed by atoms with Gasteiger partial charge in [0, 0.05) is 24.5 Å². The quantitative estimate of drug-likeness (QED) is 0.482. The van der Waals surface area contributed by atoms with E-state index >= 15 is 0 Å². The highest BCUT2D eigenvalue weighted by molar-refractivity contribution is 7.89. The number of halogens is 1. The molecule has 3 rings (SSSR count). The van der Waals surface area contributed by atoms with Crippen LogP contribution in [0.4, 0.5) is 0 Å². The zero-order chi connectivity index (χ0) is 22.1. The van der Waals surface area contributed by atoms with Gasteiger partial charge in [-0.25, -0.2) is 13.1 Å². The molecule has 31 heavy (non-hydrogen) atoms. The maximum absolute atomic E-state index is 12.2. The molecule has 0 atom stereocenters. The third kappa shape index (κ3) is 7.40. The van der Waals surface area contributed by atoms with E-state index in [1.165, 1.54) is 12.1 Å². The molecule has 0 fully saturated rings. The van der Waals surface area contributed by atoms with Crippen molar-refractivity contribution < 1.29 is 17.9 Å². The second-order valence-corrected chi connectivity index (χ2v) is 9.01. The first-order chi connectivity index (χ1) is 14.9. The van der Waals surface area contributed by atoms with Gasteiger partial charge in [0.15, 0.2) is 0 Å². The number of carbonyl (C=O) groups excluding carboxylic acids is 1. The van der Waals surface area contributed by atoms with Crippen molar-refractivity contribution in [1.29, 1.82) is 0 Å². The fourth-order valence-electron chi connectivity index (χ4n) is 2.82. The highest BCUT2D eigenvalue weighted by atomic mass is 35.5. The van der Waals surface area contributed by atoms with Crippen molar-refractivity contribution in [3.63, 3.8) is 0 Å². The average Bonchev–Trinajstić information content (AvgIpc) is 2.77. The van der Waals surface area contributed by atoms with E-state index in [4.69, 9.17) is 16.3 Å². The number of benzene rings is 3. The predicted molar refractivity (Wildman–Crippen MR) is 120 cm³/mol. The molecule has 0 saturated carbocycles. The number of sulfonamides is 1. The molecular formula is C23H23ClN2O4S. The van der Waals surface area contributed by atoms with Gasteiger partial charge >= 0.3 is 0 Å². The SMILES string of the molecule is O=C(CCNS(=O)(=O)c1cccc(Cl)c1)NCc1cccc(COc2ccccc2)c1. The number of ether oxygens (including phenoxy) is 1. The Kier molecular flexibility index (Phi) is 8.06. The molecule has 0 unspecified atom stereocenters. The lowest BCUT2D eigenvalue weighted by atomic mass is 10.1. The van der Waals surface area contributed by atoms with Crippen LogP contribution < -0.4 is 14.8 Å². The predicted octanol–water partition coefficient (Wildman–Crippen LogP) is 3.90. The van der Waals surface area contributed by atoms with Crippen LogP contribution in [-0.4, -0.2) is 20.9 Å². The lowest BCUT2D eigenvalue weighted by Gasteiger charge is -2.10. The molecule has 0 saturated heterocycles. The summed E-state index contributed by atoms with van der Waals surface area (Å²) in [6.45, 7) is 0.766. The minimum atomic E-state index is -3.71. The summed E-state index contributed by atoms with van der Waals surface area (Å²) < 4.78 is 32.6. The van der Waals surface area contributed by atoms with Gasteiger partial charge in [0.25, 0.3) is 0 Å². The normalized spacial score (nSPS) is 11.1. The summed E-state index contributed by atoms with van der Waals surface area (Å²) in [5.74, 6) is 0.543. The summed E-state index contributed by atoms with van der Waals surface area (Å²) in [6, 6.07) is 23.2. The summed E-state index contributed by atoms with van der Waals surface area (Å²) in [5.41, 5.74) is 1.92. The van der Waals surface area contributed by atoms with Crippen molar-refractivity contribution in [2.75, 3.05) is 6.54 Å². The summed E-state index contributed by atoms with van der Waals surface area (Å²) in [5, 5.41) is 3.13. The first-order valence-electron chi connectivity index (χ1n) is 9.70. The van der Waals surface area contributed by atoms with Crippen LogP contribution in [0.1, 0.15) is 17.5 Å². The van der Waals surface area contributed by atoms with Gasteiger partial charge in [-0.1, -0.05) is 60.1 Å². The van der Waals surface area contributed by atoms with E-state index in [1.54, 1.807) is 12.1 Å². The van der Waals surface area contributed by atoms with Crippen LogP contribution in [0.15, 0.2) is 83.8 Å². The standard InChI is InChI=1S/C23H23ClN2O4S/c24-20-8-5-11-22(15-20)31(28,29)26-13-12-23(27)25-16-18-6-4-7-19(14-18)17-30-21-9-2-1-3-10-21/h1-11,14-15,26H,12-13,16-17H2,(H,25,27). The van der Waals surface area contributed by atoms with Gasteiger partial charge in [-0.2, -0.15) is 0 Å². The molecular weight excluding hydrogens is 436 g/mol. The van der Waals surface area contributed by atoms with Gasteiger partial charge in [-0.3, -0.25) is 4.79 Å². The van der Waals surface area contributed by atoms with Crippen LogP contribution in [-0.2, 0) is 28.0 Å². The third-order valence-corrected chi connectivity index (χ3v) is 6.07. The molecule has 0 aliphatic rings. The Morgan fingerprint density at radius 3 is 2.42 bits per heavy atom. The maximum Gasteiger partial charge on any atom is 0.240 e. The topological polar surface area (TPSA) is 84.5 Å². The molecule has 0 bridgehead atoms. The Hall–Kier alpha value is -2.87. The smallest absolute Gasteiger partial charge is 0.240 e. The number of rotatable bonds is 10. The first-order valence-corrected chi connectivity index (χ1v) is 11.6. The molecule has 2 N–H and O–H groups in total. The van der Waals surface area contributed by atoms with Crippen LogP contribution >= 0.6 is 11.6 Å². The molecule has 0 aliphatic carbocycles. The van der Waals surface area contributed by atoms with E-state index in [9.17, 15) is 13.2 Å². The lowest BCUT2D eigenvalue weighted by molar-refractivity contribution is -0.121. The van der Waals surface area contributed by atoms with E-state index in [2.05, 4.69) is 10.0 Å². The van der Waals surface area contributed by atoms with E-state index in [0.717, 1.165) is 16.9 Å². The first kappa shape index (κ1) is 22.8. The molecule has 1 amide bonds. The third-order valence-electron chi connectivity index (χ3n) is 4.38. The Morgan fingerprint density at radius 1 is 0.903 bits per heavy atom. The lowest BCUT2D eigenvalue weighted by Crippen LogP contribution is -2.30. The number of hydrogen-bond donors (Lipinski definition) is 2. The minimum absolute atomic E-state index is 0.00830. The van der Waals surface area contributed by atoms with Crippen LogP contribution in [0.5, 0.6) is 5.75 Å². The fourth-order valence-corrected chi connectivity index (χ4v) is 4.15. The largest absolute Gasteiger partial charge is 0.489 e. The van der Waals surface area contributed by atoms with Crippen LogP contribution in [0.25, 0.3) is 0 Å². The van der Waals surface area contributed by atoms with Gasteiger partial charge < -0.3 is 10.1 Å². The zero-order valence-electron chi connectivity index (χ0n) is 16.8. The number of hydrogen-bond acceptors (Lipinski definition) is 4. The van der Waals surface area contributed by atoms with Crippen molar-refractivity contribution in [2.24, 2.45) is 0 Å². The van der Waals surface area contributed by atoms with Gasteiger partial charge in [0.1, 0.15) is 12.4 Å². The van der Waals surface area contributed by atoms with Crippen molar-refractivity contribution in [3.05, 3.63) is 95.0 Å². The van der Waals surface area contributed by atoms with Crippen LogP contribution in [0.3, 0.4) is 0 Å². The highest BCUT2D eigenvalue weighted by Gasteiger charge is 2.14. The number of nitrogens with one attached hydrogen (secondary N) is 2. The Morgan fingerprint density at radius 2 is 1.65 bits per heavy atom. The van der Waals surface area contributed by atoms with Gasteiger partial charge in [0.05, 0.1) is 4.90 Å². The molecule has 0 aliphatic heterocycles. The van der Waals surface area contributed by atoms with E-state index in [1.807, 2.05) is 54.6 Å². The fraction of sp³-hybridized carbons (Fsp3) is 0.174. The summed E-state index contributed by atoms with van der Waals surface area (Å²) >= 11 is 5.83. The summed E-state index contributed by atoms with van der Waals surface area (Å²) in [7, 11) is -3.71. The highest BCUT2D eigenvalue weighted by Crippen LogP contribution is 2.15.